The molecule has 0 aromatic heterocycles. The van der Waals surface area contributed by atoms with Crippen molar-refractivity contribution in [3.05, 3.63) is 35.9 Å². The summed E-state index contributed by atoms with van der Waals surface area (Å²) in [6.45, 7) is 3.01. The van der Waals surface area contributed by atoms with Crippen molar-refractivity contribution in [2.45, 2.75) is 45.1 Å². The van der Waals surface area contributed by atoms with Crippen LogP contribution in [-0.2, 0) is 11.2 Å². The van der Waals surface area contributed by atoms with Crippen LogP contribution < -0.4 is 11.1 Å². The van der Waals surface area contributed by atoms with E-state index in [0.717, 1.165) is 12.1 Å². The van der Waals surface area contributed by atoms with Crippen molar-refractivity contribution in [3.8, 4) is 0 Å². The summed E-state index contributed by atoms with van der Waals surface area (Å²) in [6, 6.07) is 9.47. The van der Waals surface area contributed by atoms with E-state index in [1.165, 1.54) is 25.7 Å². The Kier molecular flexibility index (Phi) is 4.59. The van der Waals surface area contributed by atoms with Crippen molar-refractivity contribution in [2.75, 3.05) is 6.54 Å². The second-order valence-electron chi connectivity index (χ2n) is 6.03. The molecule has 1 aromatic rings. The number of nitrogens with one attached hydrogen (secondary N) is 1. The quantitative estimate of drug-likeness (QED) is 0.853. The van der Waals surface area contributed by atoms with Gasteiger partial charge in [0.05, 0.1) is 6.04 Å². The molecule has 0 saturated heterocycles. The predicted molar refractivity (Wildman–Crippen MR) is 77.7 cm³/mol. The van der Waals surface area contributed by atoms with E-state index in [1.54, 1.807) is 0 Å². The third kappa shape index (κ3) is 4.06. The van der Waals surface area contributed by atoms with Crippen molar-refractivity contribution in [2.24, 2.45) is 11.1 Å². The Morgan fingerprint density at radius 2 is 1.95 bits per heavy atom. The summed E-state index contributed by atoms with van der Waals surface area (Å²) in [5.41, 5.74) is 7.35. The highest BCUT2D eigenvalue weighted by Crippen LogP contribution is 2.36. The summed E-state index contributed by atoms with van der Waals surface area (Å²) in [5, 5.41) is 3.02. The number of carbonyl (C=O) groups is 1. The molecular formula is C16H24N2O. The Labute approximate surface area is 115 Å². The van der Waals surface area contributed by atoms with Crippen LogP contribution in [-0.4, -0.2) is 18.5 Å². The molecule has 1 aliphatic rings. The first-order valence-electron chi connectivity index (χ1n) is 7.16. The van der Waals surface area contributed by atoms with E-state index in [-0.39, 0.29) is 11.3 Å². The fourth-order valence-electron chi connectivity index (χ4n) is 2.80. The minimum atomic E-state index is -0.451. The van der Waals surface area contributed by atoms with Crippen LogP contribution in [0.2, 0.25) is 0 Å². The molecule has 0 heterocycles. The molecule has 0 unspecified atom stereocenters. The maximum atomic E-state index is 12.0. The first-order chi connectivity index (χ1) is 9.09. The molecule has 0 aliphatic heterocycles. The van der Waals surface area contributed by atoms with E-state index < -0.39 is 6.04 Å². The molecular weight excluding hydrogens is 236 g/mol. The molecule has 1 fully saturated rings. The van der Waals surface area contributed by atoms with Crippen LogP contribution in [0.1, 0.15) is 38.2 Å². The Hall–Kier alpha value is -1.35. The lowest BCUT2D eigenvalue weighted by Gasteiger charge is -2.24. The zero-order valence-electron chi connectivity index (χ0n) is 11.7. The number of nitrogens with two attached hydrogens (primary N) is 1. The molecule has 0 radical (unpaired) electrons. The number of hydrogen-bond donors (Lipinski definition) is 2. The van der Waals surface area contributed by atoms with Crippen LogP contribution in [0.5, 0.6) is 0 Å². The van der Waals surface area contributed by atoms with Gasteiger partial charge in [-0.1, -0.05) is 50.1 Å². The van der Waals surface area contributed by atoms with Gasteiger partial charge in [-0.15, -0.1) is 0 Å². The minimum absolute atomic E-state index is 0.0306. The second-order valence-corrected chi connectivity index (χ2v) is 6.03. The average molecular weight is 260 g/mol. The van der Waals surface area contributed by atoms with Gasteiger partial charge in [0, 0.05) is 6.54 Å². The molecule has 0 bridgehead atoms. The van der Waals surface area contributed by atoms with E-state index in [0.29, 0.717) is 6.42 Å². The van der Waals surface area contributed by atoms with Crippen molar-refractivity contribution < 1.29 is 4.79 Å². The molecule has 104 valence electrons. The summed E-state index contributed by atoms with van der Waals surface area (Å²) in [5.74, 6) is -0.0306. The maximum Gasteiger partial charge on any atom is 0.237 e. The van der Waals surface area contributed by atoms with Gasteiger partial charge in [-0.2, -0.15) is 0 Å². The molecule has 1 amide bonds. The van der Waals surface area contributed by atoms with E-state index in [4.69, 9.17) is 5.73 Å². The first-order valence-corrected chi connectivity index (χ1v) is 7.16. The molecule has 2 rings (SSSR count). The fourth-order valence-corrected chi connectivity index (χ4v) is 2.80. The summed E-state index contributed by atoms with van der Waals surface area (Å²) >= 11 is 0. The Bertz CT molecular complexity index is 410. The average Bonchev–Trinajstić information content (AvgIpc) is 2.84. The van der Waals surface area contributed by atoms with Gasteiger partial charge in [0.1, 0.15) is 0 Å². The van der Waals surface area contributed by atoms with Gasteiger partial charge in [0.2, 0.25) is 5.91 Å². The topological polar surface area (TPSA) is 55.1 Å². The molecule has 3 nitrogen and oxygen atoms in total. The normalized spacial score (nSPS) is 19.1. The molecule has 1 atom stereocenters. The number of amides is 1. The van der Waals surface area contributed by atoms with Gasteiger partial charge in [-0.05, 0) is 30.2 Å². The summed E-state index contributed by atoms with van der Waals surface area (Å²) in [6.07, 6.45) is 5.58. The van der Waals surface area contributed by atoms with Gasteiger partial charge in [0.25, 0.3) is 0 Å². The van der Waals surface area contributed by atoms with Crippen LogP contribution in [0.3, 0.4) is 0 Å². The van der Waals surface area contributed by atoms with E-state index in [1.807, 2.05) is 30.3 Å². The Balaban J connectivity index is 1.79. The van der Waals surface area contributed by atoms with Crippen LogP contribution in [0, 0.1) is 5.41 Å². The number of hydrogen-bond acceptors (Lipinski definition) is 2. The van der Waals surface area contributed by atoms with Gasteiger partial charge >= 0.3 is 0 Å². The van der Waals surface area contributed by atoms with Crippen LogP contribution in [0.4, 0.5) is 0 Å². The molecule has 1 aromatic carbocycles. The summed E-state index contributed by atoms with van der Waals surface area (Å²) < 4.78 is 0. The van der Waals surface area contributed by atoms with Gasteiger partial charge < -0.3 is 11.1 Å². The number of carbonyl (C=O) groups excluding carboxylic acids is 1. The van der Waals surface area contributed by atoms with Gasteiger partial charge in [-0.3, -0.25) is 4.79 Å². The standard InChI is InChI=1S/C16H24N2O/c1-16(9-5-6-10-16)12-18-15(19)14(17)11-13-7-3-2-4-8-13/h2-4,7-8,14H,5-6,9-12,17H2,1H3,(H,18,19)/t14-/m1/s1. The molecule has 1 saturated carbocycles. The lowest BCUT2D eigenvalue weighted by molar-refractivity contribution is -0.122. The summed E-state index contributed by atoms with van der Waals surface area (Å²) in [4.78, 5) is 12.0. The highest BCUT2D eigenvalue weighted by atomic mass is 16.2. The lowest BCUT2D eigenvalue weighted by atomic mass is 9.89. The third-order valence-electron chi connectivity index (χ3n) is 4.14. The van der Waals surface area contributed by atoms with E-state index in [2.05, 4.69) is 12.2 Å². The van der Waals surface area contributed by atoms with Crippen molar-refractivity contribution in [1.29, 1.82) is 0 Å². The third-order valence-corrected chi connectivity index (χ3v) is 4.14. The molecule has 0 spiro atoms. The SMILES string of the molecule is CC1(CNC(=O)[C@H](N)Cc2ccccc2)CCCC1. The van der Waals surface area contributed by atoms with E-state index in [9.17, 15) is 4.79 Å². The van der Waals surface area contributed by atoms with Gasteiger partial charge in [-0.25, -0.2) is 0 Å². The van der Waals surface area contributed by atoms with Crippen molar-refractivity contribution in [1.82, 2.24) is 5.32 Å². The van der Waals surface area contributed by atoms with Crippen molar-refractivity contribution in [3.63, 3.8) is 0 Å². The second kappa shape index (κ2) is 6.20. The monoisotopic (exact) mass is 260 g/mol. The van der Waals surface area contributed by atoms with Crippen molar-refractivity contribution >= 4 is 5.91 Å². The number of benzene rings is 1. The van der Waals surface area contributed by atoms with Crippen LogP contribution in [0.15, 0.2) is 30.3 Å². The molecule has 3 N–H and O–H groups in total. The Morgan fingerprint density at radius 3 is 2.58 bits per heavy atom. The zero-order chi connectivity index (χ0) is 13.7. The number of rotatable bonds is 5. The first kappa shape index (κ1) is 14.1. The van der Waals surface area contributed by atoms with Gasteiger partial charge in [0.15, 0.2) is 0 Å². The zero-order valence-corrected chi connectivity index (χ0v) is 11.7. The Morgan fingerprint density at radius 1 is 1.32 bits per heavy atom. The largest absolute Gasteiger partial charge is 0.354 e. The van der Waals surface area contributed by atoms with Crippen LogP contribution >= 0.6 is 0 Å². The van der Waals surface area contributed by atoms with Crippen LogP contribution in [0.25, 0.3) is 0 Å². The summed E-state index contributed by atoms with van der Waals surface area (Å²) in [7, 11) is 0. The van der Waals surface area contributed by atoms with E-state index >= 15 is 0 Å². The minimum Gasteiger partial charge on any atom is -0.354 e. The molecule has 19 heavy (non-hydrogen) atoms. The highest BCUT2D eigenvalue weighted by molar-refractivity contribution is 5.81. The fraction of sp³-hybridized carbons (Fsp3) is 0.562. The molecule has 1 aliphatic carbocycles. The molecule has 3 heteroatoms. The maximum absolute atomic E-state index is 12.0. The smallest absolute Gasteiger partial charge is 0.237 e. The highest BCUT2D eigenvalue weighted by Gasteiger charge is 2.29. The lowest BCUT2D eigenvalue weighted by Crippen LogP contribution is -2.45. The predicted octanol–water partition coefficient (Wildman–Crippen LogP) is 2.25.